The summed E-state index contributed by atoms with van der Waals surface area (Å²) in [7, 11) is 1.35. The van der Waals surface area contributed by atoms with Gasteiger partial charge in [0.05, 0.1) is 25.7 Å². The van der Waals surface area contributed by atoms with Crippen LogP contribution in [0.2, 0.25) is 0 Å². The van der Waals surface area contributed by atoms with E-state index in [1.54, 1.807) is 25.1 Å². The van der Waals surface area contributed by atoms with Crippen molar-refractivity contribution in [1.29, 1.82) is 0 Å². The van der Waals surface area contributed by atoms with Gasteiger partial charge in [0.15, 0.2) is 0 Å². The average molecular weight is 265 g/mol. The third kappa shape index (κ3) is 3.98. The Kier molecular flexibility index (Phi) is 5.36. The monoisotopic (exact) mass is 265 g/mol. The Bertz CT molecular complexity index is 471. The van der Waals surface area contributed by atoms with Gasteiger partial charge in [0.2, 0.25) is 0 Å². The maximum absolute atomic E-state index is 11.7. The minimum Gasteiger partial charge on any atom is -0.469 e. The number of hydrogen-bond acceptors (Lipinski definition) is 5. The number of methoxy groups -OCH3 is 1. The quantitative estimate of drug-likeness (QED) is 0.651. The molecule has 0 saturated carbocycles. The molecule has 0 amide bonds. The van der Waals surface area contributed by atoms with Crippen LogP contribution in [0, 0.1) is 0 Å². The third-order valence-electron chi connectivity index (χ3n) is 2.84. The van der Waals surface area contributed by atoms with Crippen LogP contribution in [-0.4, -0.2) is 25.7 Å². The highest BCUT2D eigenvalue weighted by molar-refractivity contribution is 5.95. The summed E-state index contributed by atoms with van der Waals surface area (Å²) in [5.74, 6) is -0.796. The summed E-state index contributed by atoms with van der Waals surface area (Å²) in [4.78, 5) is 23.0. The van der Waals surface area contributed by atoms with Gasteiger partial charge < -0.3 is 15.2 Å². The number of anilines is 1. The van der Waals surface area contributed by atoms with E-state index >= 15 is 0 Å². The van der Waals surface area contributed by atoms with Gasteiger partial charge in [-0.2, -0.15) is 0 Å². The van der Waals surface area contributed by atoms with Gasteiger partial charge in [-0.15, -0.1) is 0 Å². The Morgan fingerprint density at radius 1 is 1.37 bits per heavy atom. The molecule has 1 unspecified atom stereocenters. The summed E-state index contributed by atoms with van der Waals surface area (Å²) in [6.45, 7) is 3.91. The largest absolute Gasteiger partial charge is 0.469 e. The summed E-state index contributed by atoms with van der Waals surface area (Å²) in [5, 5.41) is 0. The van der Waals surface area contributed by atoms with E-state index in [-0.39, 0.29) is 18.3 Å². The number of carbonyl (C=O) groups is 2. The van der Waals surface area contributed by atoms with E-state index in [9.17, 15) is 9.59 Å². The Labute approximate surface area is 112 Å². The molecule has 1 rings (SSSR count). The van der Waals surface area contributed by atoms with Gasteiger partial charge in [-0.05, 0) is 30.5 Å². The fourth-order valence-electron chi connectivity index (χ4n) is 1.72. The average Bonchev–Trinajstić information content (AvgIpc) is 2.39. The minimum absolute atomic E-state index is 0.0544. The molecule has 1 aromatic rings. The van der Waals surface area contributed by atoms with Gasteiger partial charge in [0, 0.05) is 5.69 Å². The van der Waals surface area contributed by atoms with E-state index in [4.69, 9.17) is 10.5 Å². The van der Waals surface area contributed by atoms with Crippen LogP contribution < -0.4 is 5.73 Å². The van der Waals surface area contributed by atoms with Crippen molar-refractivity contribution in [3.05, 3.63) is 29.3 Å². The molecule has 0 aliphatic heterocycles. The molecule has 0 saturated heterocycles. The topological polar surface area (TPSA) is 78.6 Å². The number of rotatable bonds is 5. The Morgan fingerprint density at radius 2 is 2.05 bits per heavy atom. The van der Waals surface area contributed by atoms with Crippen LogP contribution in [0.4, 0.5) is 5.69 Å². The first kappa shape index (κ1) is 15.0. The van der Waals surface area contributed by atoms with E-state index in [0.717, 1.165) is 5.56 Å². The maximum Gasteiger partial charge on any atom is 0.340 e. The molecule has 0 heterocycles. The second-order valence-electron chi connectivity index (χ2n) is 4.25. The van der Waals surface area contributed by atoms with Crippen LogP contribution in [0.15, 0.2) is 18.2 Å². The fourth-order valence-corrected chi connectivity index (χ4v) is 1.72. The number of benzene rings is 1. The molecule has 19 heavy (non-hydrogen) atoms. The molecule has 0 radical (unpaired) electrons. The lowest BCUT2D eigenvalue weighted by atomic mass is 9.95. The maximum atomic E-state index is 11.7. The van der Waals surface area contributed by atoms with Crippen LogP contribution in [0.3, 0.4) is 0 Å². The molecule has 104 valence electrons. The molecule has 0 aromatic heterocycles. The van der Waals surface area contributed by atoms with Gasteiger partial charge in [0.1, 0.15) is 0 Å². The molecule has 1 aromatic carbocycles. The minimum atomic E-state index is -0.452. The predicted molar refractivity (Wildman–Crippen MR) is 71.9 cm³/mol. The zero-order valence-electron chi connectivity index (χ0n) is 11.4. The highest BCUT2D eigenvalue weighted by Crippen LogP contribution is 2.24. The number of ether oxygens (including phenoxy) is 2. The Hall–Kier alpha value is -2.04. The van der Waals surface area contributed by atoms with Crippen molar-refractivity contribution in [2.75, 3.05) is 19.5 Å². The summed E-state index contributed by atoms with van der Waals surface area (Å²) in [6.07, 6.45) is 0.253. The number of nitrogens with two attached hydrogens (primary N) is 1. The van der Waals surface area contributed by atoms with Crippen molar-refractivity contribution < 1.29 is 19.1 Å². The normalized spacial score (nSPS) is 11.7. The number of nitrogen functional groups attached to an aromatic ring is 1. The molecule has 0 aliphatic rings. The highest BCUT2D eigenvalue weighted by atomic mass is 16.5. The van der Waals surface area contributed by atoms with E-state index in [1.807, 2.05) is 6.92 Å². The zero-order chi connectivity index (χ0) is 14.4. The van der Waals surface area contributed by atoms with Gasteiger partial charge in [-0.3, -0.25) is 4.79 Å². The first-order valence-corrected chi connectivity index (χ1v) is 6.13. The molecule has 0 aliphatic carbocycles. The van der Waals surface area contributed by atoms with E-state index in [0.29, 0.717) is 17.9 Å². The van der Waals surface area contributed by atoms with Crippen LogP contribution in [0.1, 0.15) is 42.1 Å². The standard InChI is InChI=1S/C14H19NO4/c1-4-19-14(17)11-8-10(5-6-12(11)15)9(2)7-13(16)18-3/h5-6,8-9H,4,7,15H2,1-3H3. The number of hydrogen-bond donors (Lipinski definition) is 1. The molecular formula is C14H19NO4. The summed E-state index contributed by atoms with van der Waals surface area (Å²) < 4.78 is 9.56. The Balaban J connectivity index is 2.95. The SMILES string of the molecule is CCOC(=O)c1cc(C(C)CC(=O)OC)ccc1N. The van der Waals surface area contributed by atoms with Gasteiger partial charge in [-0.1, -0.05) is 13.0 Å². The summed E-state index contributed by atoms with van der Waals surface area (Å²) >= 11 is 0. The molecule has 2 N–H and O–H groups in total. The van der Waals surface area contributed by atoms with Crippen molar-refractivity contribution in [3.8, 4) is 0 Å². The lowest BCUT2D eigenvalue weighted by Crippen LogP contribution is -2.10. The summed E-state index contributed by atoms with van der Waals surface area (Å²) in [6, 6.07) is 5.11. The van der Waals surface area contributed by atoms with Crippen LogP contribution in [-0.2, 0) is 14.3 Å². The lowest BCUT2D eigenvalue weighted by Gasteiger charge is -2.13. The molecule has 0 spiro atoms. The van der Waals surface area contributed by atoms with Crippen LogP contribution in [0.25, 0.3) is 0 Å². The summed E-state index contributed by atoms with van der Waals surface area (Å²) in [5.41, 5.74) is 7.30. The molecule has 0 fully saturated rings. The lowest BCUT2D eigenvalue weighted by molar-refractivity contribution is -0.140. The first-order chi connectivity index (χ1) is 8.99. The fraction of sp³-hybridized carbons (Fsp3) is 0.429. The van der Waals surface area contributed by atoms with Crippen molar-refractivity contribution in [1.82, 2.24) is 0 Å². The van der Waals surface area contributed by atoms with Crippen molar-refractivity contribution in [2.45, 2.75) is 26.2 Å². The third-order valence-corrected chi connectivity index (χ3v) is 2.84. The second-order valence-corrected chi connectivity index (χ2v) is 4.25. The van der Waals surface area contributed by atoms with Gasteiger partial charge in [0.25, 0.3) is 0 Å². The molecular weight excluding hydrogens is 246 g/mol. The predicted octanol–water partition coefficient (Wildman–Crippen LogP) is 2.11. The van der Waals surface area contributed by atoms with Crippen LogP contribution in [0.5, 0.6) is 0 Å². The molecule has 1 atom stereocenters. The van der Waals surface area contributed by atoms with Gasteiger partial charge >= 0.3 is 11.9 Å². The zero-order valence-corrected chi connectivity index (χ0v) is 11.4. The van der Waals surface area contributed by atoms with Gasteiger partial charge in [-0.25, -0.2) is 4.79 Å². The van der Waals surface area contributed by atoms with Crippen molar-refractivity contribution in [2.24, 2.45) is 0 Å². The smallest absolute Gasteiger partial charge is 0.340 e. The highest BCUT2D eigenvalue weighted by Gasteiger charge is 2.16. The number of carbonyl (C=O) groups excluding carboxylic acids is 2. The molecule has 5 nitrogen and oxygen atoms in total. The van der Waals surface area contributed by atoms with E-state index < -0.39 is 5.97 Å². The van der Waals surface area contributed by atoms with Crippen molar-refractivity contribution >= 4 is 17.6 Å². The van der Waals surface area contributed by atoms with Crippen molar-refractivity contribution in [3.63, 3.8) is 0 Å². The molecule has 5 heteroatoms. The van der Waals surface area contributed by atoms with E-state index in [1.165, 1.54) is 7.11 Å². The Morgan fingerprint density at radius 3 is 2.63 bits per heavy atom. The van der Waals surface area contributed by atoms with E-state index in [2.05, 4.69) is 4.74 Å². The molecule has 0 bridgehead atoms. The second kappa shape index (κ2) is 6.78. The first-order valence-electron chi connectivity index (χ1n) is 6.13. The van der Waals surface area contributed by atoms with Crippen LogP contribution >= 0.6 is 0 Å². The number of esters is 2.